The number of aliphatic imine (C=N–C) groups is 1. The molecular weight excluding hydrogens is 326 g/mol. The standard InChI is InChI=1S/C22H33NO3/c1-6-7-8-12-17-19(23-5)20(24)18(22(26)21(17)25)14-13-16(4)11-9-10-15(2)3/h10,13,24-26H,5-9,11-12,14H2,1-4H3/b16-13+. The lowest BCUT2D eigenvalue weighted by atomic mass is 9.97. The second-order valence-corrected chi connectivity index (χ2v) is 7.04. The van der Waals surface area contributed by atoms with Gasteiger partial charge in [-0.15, -0.1) is 0 Å². The van der Waals surface area contributed by atoms with Gasteiger partial charge in [0.1, 0.15) is 11.4 Å². The van der Waals surface area contributed by atoms with Gasteiger partial charge >= 0.3 is 0 Å². The van der Waals surface area contributed by atoms with Crippen molar-refractivity contribution in [3.05, 3.63) is 34.4 Å². The van der Waals surface area contributed by atoms with E-state index in [1.54, 1.807) is 0 Å². The molecule has 0 spiro atoms. The highest BCUT2D eigenvalue weighted by Crippen LogP contribution is 2.47. The lowest BCUT2D eigenvalue weighted by molar-refractivity contribution is 0.386. The Kier molecular flexibility index (Phi) is 8.97. The average molecular weight is 360 g/mol. The van der Waals surface area contributed by atoms with E-state index in [-0.39, 0.29) is 22.9 Å². The van der Waals surface area contributed by atoms with Gasteiger partial charge in [-0.1, -0.05) is 43.1 Å². The molecule has 0 aliphatic rings. The van der Waals surface area contributed by atoms with Crippen LogP contribution in [0.15, 0.2) is 28.3 Å². The fraction of sp³-hybridized carbons (Fsp3) is 0.500. The zero-order valence-corrected chi connectivity index (χ0v) is 16.6. The summed E-state index contributed by atoms with van der Waals surface area (Å²) < 4.78 is 0. The molecule has 0 saturated heterocycles. The Morgan fingerprint density at radius 3 is 2.19 bits per heavy atom. The Morgan fingerprint density at radius 1 is 0.962 bits per heavy atom. The summed E-state index contributed by atoms with van der Waals surface area (Å²) in [5.74, 6) is -0.531. The minimum Gasteiger partial charge on any atom is -0.505 e. The summed E-state index contributed by atoms with van der Waals surface area (Å²) >= 11 is 0. The third-order valence-electron chi connectivity index (χ3n) is 4.53. The molecule has 3 N–H and O–H groups in total. The van der Waals surface area contributed by atoms with Crippen molar-refractivity contribution in [2.75, 3.05) is 0 Å². The minimum absolute atomic E-state index is 0.0878. The van der Waals surface area contributed by atoms with E-state index in [4.69, 9.17) is 0 Å². The topological polar surface area (TPSA) is 73.1 Å². The Labute approximate surface area is 157 Å². The summed E-state index contributed by atoms with van der Waals surface area (Å²) in [4.78, 5) is 3.91. The van der Waals surface area contributed by atoms with Gasteiger partial charge in [-0.2, -0.15) is 0 Å². The average Bonchev–Trinajstić information content (AvgIpc) is 2.59. The first kappa shape index (κ1) is 21.8. The van der Waals surface area contributed by atoms with Gasteiger partial charge in [0.2, 0.25) is 0 Å². The number of hydrogen-bond donors (Lipinski definition) is 3. The number of aromatic hydroxyl groups is 3. The van der Waals surface area contributed by atoms with Crippen molar-refractivity contribution in [2.24, 2.45) is 4.99 Å². The van der Waals surface area contributed by atoms with Gasteiger partial charge in [-0.3, -0.25) is 4.99 Å². The smallest absolute Gasteiger partial charge is 0.165 e. The second-order valence-electron chi connectivity index (χ2n) is 7.04. The molecule has 4 heteroatoms. The summed E-state index contributed by atoms with van der Waals surface area (Å²) in [5, 5.41) is 31.3. The van der Waals surface area contributed by atoms with Gasteiger partial charge < -0.3 is 15.3 Å². The van der Waals surface area contributed by atoms with Gasteiger partial charge in [0, 0.05) is 11.1 Å². The van der Waals surface area contributed by atoms with Crippen molar-refractivity contribution in [3.63, 3.8) is 0 Å². The lowest BCUT2D eigenvalue weighted by Crippen LogP contribution is -1.94. The maximum atomic E-state index is 10.5. The number of hydrogen-bond acceptors (Lipinski definition) is 4. The van der Waals surface area contributed by atoms with Crippen LogP contribution in [0.25, 0.3) is 0 Å². The van der Waals surface area contributed by atoms with Crippen molar-refractivity contribution >= 4 is 12.4 Å². The molecule has 0 heterocycles. The molecule has 26 heavy (non-hydrogen) atoms. The van der Waals surface area contributed by atoms with Gasteiger partial charge in [-0.25, -0.2) is 0 Å². The highest BCUT2D eigenvalue weighted by atomic mass is 16.3. The molecule has 0 saturated carbocycles. The maximum absolute atomic E-state index is 10.5. The van der Waals surface area contributed by atoms with Gasteiger partial charge in [0.15, 0.2) is 11.5 Å². The van der Waals surface area contributed by atoms with Crippen LogP contribution in [0.4, 0.5) is 5.69 Å². The van der Waals surface area contributed by atoms with Crippen LogP contribution >= 0.6 is 0 Å². The summed E-state index contributed by atoms with van der Waals surface area (Å²) in [6.45, 7) is 11.8. The SMILES string of the molecule is C=Nc1c(O)c(C/C=C(\C)CCC=C(C)C)c(O)c(O)c1CCCCC. The van der Waals surface area contributed by atoms with E-state index in [9.17, 15) is 15.3 Å². The highest BCUT2D eigenvalue weighted by molar-refractivity contribution is 5.73. The third-order valence-corrected chi connectivity index (χ3v) is 4.53. The van der Waals surface area contributed by atoms with Crippen molar-refractivity contribution in [3.8, 4) is 17.2 Å². The normalized spacial score (nSPS) is 11.5. The molecule has 0 atom stereocenters. The monoisotopic (exact) mass is 359 g/mol. The number of phenols is 3. The molecule has 0 fully saturated rings. The van der Waals surface area contributed by atoms with Gasteiger partial charge in [0.05, 0.1) is 0 Å². The number of rotatable bonds is 10. The first-order chi connectivity index (χ1) is 12.3. The van der Waals surface area contributed by atoms with Crippen molar-refractivity contribution in [1.82, 2.24) is 0 Å². The van der Waals surface area contributed by atoms with E-state index in [1.807, 2.05) is 13.0 Å². The predicted octanol–water partition coefficient (Wildman–Crippen LogP) is 6.10. The van der Waals surface area contributed by atoms with E-state index in [0.29, 0.717) is 24.0 Å². The van der Waals surface area contributed by atoms with E-state index in [1.165, 1.54) is 11.1 Å². The molecule has 0 radical (unpaired) electrons. The van der Waals surface area contributed by atoms with E-state index in [0.717, 1.165) is 32.1 Å². The quantitative estimate of drug-likeness (QED) is 0.155. The van der Waals surface area contributed by atoms with Crippen molar-refractivity contribution < 1.29 is 15.3 Å². The molecule has 1 aromatic rings. The predicted molar refractivity (Wildman–Crippen MR) is 110 cm³/mol. The van der Waals surface area contributed by atoms with Crippen LogP contribution in [0.5, 0.6) is 17.2 Å². The molecule has 0 aliphatic carbocycles. The third kappa shape index (κ3) is 5.94. The zero-order valence-electron chi connectivity index (χ0n) is 16.6. The molecule has 1 rings (SSSR count). The van der Waals surface area contributed by atoms with Crippen LogP contribution in [0.2, 0.25) is 0 Å². The summed E-state index contributed by atoms with van der Waals surface area (Å²) in [6.07, 6.45) is 9.83. The Hall–Kier alpha value is -2.23. The number of allylic oxidation sites excluding steroid dienone is 4. The van der Waals surface area contributed by atoms with Gasteiger partial charge in [-0.05, 0) is 59.6 Å². The lowest BCUT2D eigenvalue weighted by Gasteiger charge is -2.16. The zero-order chi connectivity index (χ0) is 19.7. The van der Waals surface area contributed by atoms with Crippen molar-refractivity contribution in [2.45, 2.75) is 72.6 Å². The molecule has 1 aromatic carbocycles. The first-order valence-electron chi connectivity index (χ1n) is 9.37. The Morgan fingerprint density at radius 2 is 1.62 bits per heavy atom. The summed E-state index contributed by atoms with van der Waals surface area (Å²) in [7, 11) is 0. The molecular formula is C22H33NO3. The van der Waals surface area contributed by atoms with Crippen LogP contribution in [-0.2, 0) is 12.8 Å². The maximum Gasteiger partial charge on any atom is 0.165 e. The van der Waals surface area contributed by atoms with E-state index in [2.05, 4.69) is 38.6 Å². The fourth-order valence-electron chi connectivity index (χ4n) is 2.92. The van der Waals surface area contributed by atoms with Crippen LogP contribution < -0.4 is 0 Å². The Balaban J connectivity index is 3.07. The molecule has 0 aromatic heterocycles. The van der Waals surface area contributed by atoms with E-state index >= 15 is 0 Å². The second kappa shape index (κ2) is 10.7. The van der Waals surface area contributed by atoms with Crippen LogP contribution in [0, 0.1) is 0 Å². The largest absolute Gasteiger partial charge is 0.505 e. The van der Waals surface area contributed by atoms with Crippen LogP contribution in [-0.4, -0.2) is 22.0 Å². The van der Waals surface area contributed by atoms with Gasteiger partial charge in [0.25, 0.3) is 0 Å². The Bertz CT molecular complexity index is 683. The number of nitrogens with zero attached hydrogens (tertiary/aromatic N) is 1. The van der Waals surface area contributed by atoms with Crippen molar-refractivity contribution in [1.29, 1.82) is 0 Å². The summed E-state index contributed by atoms with van der Waals surface area (Å²) in [5.41, 5.74) is 3.50. The number of phenolic OH excluding ortho intramolecular Hbond substituents is 3. The molecule has 0 amide bonds. The summed E-state index contributed by atoms with van der Waals surface area (Å²) in [6, 6.07) is 0. The molecule has 144 valence electrons. The molecule has 0 aliphatic heterocycles. The first-order valence-corrected chi connectivity index (χ1v) is 9.37. The fourth-order valence-corrected chi connectivity index (χ4v) is 2.92. The van der Waals surface area contributed by atoms with Crippen LogP contribution in [0.1, 0.15) is 70.9 Å². The number of unbranched alkanes of at least 4 members (excludes halogenated alkanes) is 2. The molecule has 0 bridgehead atoms. The molecule has 0 unspecified atom stereocenters. The van der Waals surface area contributed by atoms with E-state index < -0.39 is 0 Å². The highest BCUT2D eigenvalue weighted by Gasteiger charge is 2.22. The minimum atomic E-state index is -0.255. The molecule has 4 nitrogen and oxygen atoms in total. The number of benzene rings is 1. The van der Waals surface area contributed by atoms with Crippen LogP contribution in [0.3, 0.4) is 0 Å².